The van der Waals surface area contributed by atoms with Gasteiger partial charge in [0.15, 0.2) is 0 Å². The Hall–Kier alpha value is -1.51. The van der Waals surface area contributed by atoms with Crippen LogP contribution >= 0.6 is 22.9 Å². The number of anilines is 1. The molecular weight excluding hydrogens is 284 g/mol. The van der Waals surface area contributed by atoms with Gasteiger partial charge in [0.05, 0.1) is 6.20 Å². The molecule has 0 aliphatic carbocycles. The minimum atomic E-state index is -0.310. The summed E-state index contributed by atoms with van der Waals surface area (Å²) in [5, 5.41) is 20.9. The normalized spacial score (nSPS) is 12.1. The van der Waals surface area contributed by atoms with Crippen LogP contribution in [0.3, 0.4) is 0 Å². The Labute approximate surface area is 118 Å². The Morgan fingerprint density at radius 2 is 2.42 bits per heavy atom. The first-order chi connectivity index (χ1) is 9.28. The summed E-state index contributed by atoms with van der Waals surface area (Å²) < 4.78 is 3.65. The van der Waals surface area contributed by atoms with E-state index in [2.05, 4.69) is 20.2 Å². The van der Waals surface area contributed by atoms with E-state index in [0.29, 0.717) is 11.5 Å². The average Bonchev–Trinajstić information content (AvgIpc) is 3.07. The third kappa shape index (κ3) is 4.58. The molecule has 0 aromatic carbocycles. The van der Waals surface area contributed by atoms with Crippen molar-refractivity contribution in [1.82, 2.24) is 14.9 Å². The van der Waals surface area contributed by atoms with Gasteiger partial charge in [-0.15, -0.1) is 16.4 Å². The predicted molar refractivity (Wildman–Crippen MR) is 75.5 cm³/mol. The van der Waals surface area contributed by atoms with E-state index in [9.17, 15) is 9.90 Å². The molecule has 0 bridgehead atoms. The number of nitrogens with zero attached hydrogens (tertiary/aromatic N) is 2. The van der Waals surface area contributed by atoms with Crippen molar-refractivity contribution in [3.63, 3.8) is 0 Å². The standard InChI is InChI=1S/C11H14N4O2S2/c16-7-8(4-9-2-1-3-18-9)5-12-11(17)14-10-6-13-15-19-10/h1-3,6,8,16H,4-5,7H2,(H2,12,14,17)/t8-/m0/s1. The zero-order valence-electron chi connectivity index (χ0n) is 10.1. The first kappa shape index (κ1) is 13.9. The second kappa shape index (κ2) is 7.17. The third-order valence-corrected chi connectivity index (χ3v) is 3.96. The molecule has 0 spiro atoms. The molecule has 0 fully saturated rings. The van der Waals surface area contributed by atoms with E-state index in [-0.39, 0.29) is 18.6 Å². The molecule has 0 unspecified atom stereocenters. The van der Waals surface area contributed by atoms with E-state index in [4.69, 9.17) is 0 Å². The SMILES string of the molecule is O=C(NC[C@@H](CO)Cc1cccs1)Nc1cnns1. The molecule has 0 aliphatic rings. The lowest BCUT2D eigenvalue weighted by molar-refractivity contribution is 0.218. The number of carbonyl (C=O) groups excluding carboxylic acids is 1. The molecule has 2 aromatic rings. The monoisotopic (exact) mass is 298 g/mol. The molecule has 0 saturated carbocycles. The predicted octanol–water partition coefficient (Wildman–Crippen LogP) is 1.57. The smallest absolute Gasteiger partial charge is 0.319 e. The number of amides is 2. The number of aliphatic hydroxyl groups is 1. The molecule has 0 radical (unpaired) electrons. The van der Waals surface area contributed by atoms with Gasteiger partial charge >= 0.3 is 6.03 Å². The molecule has 0 saturated heterocycles. The zero-order chi connectivity index (χ0) is 13.5. The number of hydrogen-bond acceptors (Lipinski definition) is 6. The summed E-state index contributed by atoms with van der Waals surface area (Å²) >= 11 is 2.76. The molecule has 8 heteroatoms. The molecule has 1 atom stereocenters. The van der Waals surface area contributed by atoms with Crippen molar-refractivity contribution in [2.75, 3.05) is 18.5 Å². The fourth-order valence-corrected chi connectivity index (χ4v) is 2.77. The van der Waals surface area contributed by atoms with Crippen LogP contribution in [0.15, 0.2) is 23.7 Å². The minimum absolute atomic E-state index is 0.0176. The van der Waals surface area contributed by atoms with Gasteiger partial charge in [0.2, 0.25) is 0 Å². The van der Waals surface area contributed by atoms with Gasteiger partial charge in [0.25, 0.3) is 0 Å². The lowest BCUT2D eigenvalue weighted by atomic mass is 10.1. The quantitative estimate of drug-likeness (QED) is 0.755. The number of urea groups is 1. The second-order valence-electron chi connectivity index (χ2n) is 3.95. The number of rotatable bonds is 6. The molecule has 3 N–H and O–H groups in total. The van der Waals surface area contributed by atoms with Crippen LogP contribution in [-0.4, -0.2) is 33.9 Å². The summed E-state index contributed by atoms with van der Waals surface area (Å²) in [4.78, 5) is 12.8. The third-order valence-electron chi connectivity index (χ3n) is 2.48. The highest BCUT2D eigenvalue weighted by molar-refractivity contribution is 7.10. The molecule has 2 amide bonds. The first-order valence-corrected chi connectivity index (χ1v) is 7.38. The van der Waals surface area contributed by atoms with Gasteiger partial charge in [-0.2, -0.15) is 0 Å². The number of thiophene rings is 1. The van der Waals surface area contributed by atoms with Gasteiger partial charge in [0, 0.05) is 35.5 Å². The first-order valence-electron chi connectivity index (χ1n) is 5.73. The molecular formula is C11H14N4O2S2. The topological polar surface area (TPSA) is 87.1 Å². The fraction of sp³-hybridized carbons (Fsp3) is 0.364. The highest BCUT2D eigenvalue weighted by Crippen LogP contribution is 2.14. The Morgan fingerprint density at radius 3 is 3.05 bits per heavy atom. The Morgan fingerprint density at radius 1 is 1.53 bits per heavy atom. The van der Waals surface area contributed by atoms with Crippen LogP contribution in [0.4, 0.5) is 9.80 Å². The second-order valence-corrected chi connectivity index (χ2v) is 5.77. The van der Waals surface area contributed by atoms with E-state index < -0.39 is 0 Å². The van der Waals surface area contributed by atoms with Crippen LogP contribution in [0.1, 0.15) is 4.88 Å². The van der Waals surface area contributed by atoms with E-state index in [1.165, 1.54) is 11.1 Å². The van der Waals surface area contributed by atoms with Gasteiger partial charge in [-0.1, -0.05) is 10.6 Å². The molecule has 2 rings (SSSR count). The highest BCUT2D eigenvalue weighted by atomic mass is 32.1. The van der Waals surface area contributed by atoms with E-state index in [0.717, 1.165) is 18.0 Å². The van der Waals surface area contributed by atoms with Gasteiger partial charge < -0.3 is 10.4 Å². The molecule has 2 heterocycles. The summed E-state index contributed by atoms with van der Waals surface area (Å²) in [5.74, 6) is 0.0176. The minimum Gasteiger partial charge on any atom is -0.396 e. The van der Waals surface area contributed by atoms with Gasteiger partial charge in [-0.25, -0.2) is 4.79 Å². The van der Waals surface area contributed by atoms with Crippen LogP contribution in [-0.2, 0) is 6.42 Å². The summed E-state index contributed by atoms with van der Waals surface area (Å²) in [7, 11) is 0. The van der Waals surface area contributed by atoms with Gasteiger partial charge in [-0.05, 0) is 17.9 Å². The van der Waals surface area contributed by atoms with Gasteiger partial charge in [0.1, 0.15) is 5.00 Å². The highest BCUT2D eigenvalue weighted by Gasteiger charge is 2.11. The lowest BCUT2D eigenvalue weighted by Crippen LogP contribution is -2.34. The summed E-state index contributed by atoms with van der Waals surface area (Å²) in [6.07, 6.45) is 2.25. The van der Waals surface area contributed by atoms with Crippen molar-refractivity contribution in [3.8, 4) is 0 Å². The van der Waals surface area contributed by atoms with E-state index in [1.807, 2.05) is 17.5 Å². The van der Waals surface area contributed by atoms with Crippen molar-refractivity contribution in [2.45, 2.75) is 6.42 Å². The Balaban J connectivity index is 1.74. The Bertz CT molecular complexity index is 487. The molecule has 2 aromatic heterocycles. The number of hydrogen-bond donors (Lipinski definition) is 3. The van der Waals surface area contributed by atoms with Crippen LogP contribution < -0.4 is 10.6 Å². The van der Waals surface area contributed by atoms with Crippen LogP contribution in [0.2, 0.25) is 0 Å². The summed E-state index contributed by atoms with van der Waals surface area (Å²) in [5.41, 5.74) is 0. The molecule has 19 heavy (non-hydrogen) atoms. The van der Waals surface area contributed by atoms with Crippen molar-refractivity contribution in [3.05, 3.63) is 28.6 Å². The maximum atomic E-state index is 11.6. The molecule has 6 nitrogen and oxygen atoms in total. The van der Waals surface area contributed by atoms with Gasteiger partial charge in [-0.3, -0.25) is 5.32 Å². The number of aromatic nitrogens is 2. The van der Waals surface area contributed by atoms with Crippen molar-refractivity contribution >= 4 is 33.9 Å². The zero-order valence-corrected chi connectivity index (χ0v) is 11.7. The van der Waals surface area contributed by atoms with Crippen molar-refractivity contribution < 1.29 is 9.90 Å². The maximum absolute atomic E-state index is 11.6. The lowest BCUT2D eigenvalue weighted by Gasteiger charge is -2.14. The van der Waals surface area contributed by atoms with Crippen LogP contribution in [0.25, 0.3) is 0 Å². The largest absolute Gasteiger partial charge is 0.396 e. The number of nitrogens with one attached hydrogen (secondary N) is 2. The van der Waals surface area contributed by atoms with Crippen molar-refractivity contribution in [1.29, 1.82) is 0 Å². The van der Waals surface area contributed by atoms with Crippen molar-refractivity contribution in [2.24, 2.45) is 5.92 Å². The summed E-state index contributed by atoms with van der Waals surface area (Å²) in [6, 6.07) is 3.69. The van der Waals surface area contributed by atoms with Crippen LogP contribution in [0.5, 0.6) is 0 Å². The number of aliphatic hydroxyl groups excluding tert-OH is 1. The summed E-state index contributed by atoms with van der Waals surface area (Å²) in [6.45, 7) is 0.465. The molecule has 102 valence electrons. The van der Waals surface area contributed by atoms with E-state index in [1.54, 1.807) is 11.3 Å². The Kier molecular flexibility index (Phi) is 5.25. The average molecular weight is 298 g/mol. The fourth-order valence-electron chi connectivity index (χ4n) is 1.53. The van der Waals surface area contributed by atoms with Crippen LogP contribution in [0, 0.1) is 5.92 Å². The molecule has 0 aliphatic heterocycles. The number of carbonyl (C=O) groups is 1. The van der Waals surface area contributed by atoms with E-state index >= 15 is 0 Å². The maximum Gasteiger partial charge on any atom is 0.319 e.